The summed E-state index contributed by atoms with van der Waals surface area (Å²) in [4.78, 5) is 36.1. The minimum absolute atomic E-state index is 0.0924. The Hall–Kier alpha value is -3.61. The van der Waals surface area contributed by atoms with Crippen molar-refractivity contribution in [2.75, 3.05) is 6.61 Å². The van der Waals surface area contributed by atoms with Gasteiger partial charge < -0.3 is 20.5 Å². The molecule has 2 aromatic rings. The van der Waals surface area contributed by atoms with E-state index in [0.717, 1.165) is 27.8 Å². The SMILES string of the molecule is CC(C)=CCC(NC(=O)OCC1c2ccccc2-c2ccccc21)C(=O)N[C@H](C)C(=O)O. The normalized spacial score (nSPS) is 13.8. The quantitative estimate of drug-likeness (QED) is 0.546. The molecule has 3 rings (SSSR count). The van der Waals surface area contributed by atoms with Gasteiger partial charge in [-0.25, -0.2) is 4.79 Å². The first kappa shape index (κ1) is 23.1. The van der Waals surface area contributed by atoms with Crippen molar-refractivity contribution in [2.45, 2.75) is 45.2 Å². The Morgan fingerprint density at radius 2 is 1.56 bits per heavy atom. The summed E-state index contributed by atoms with van der Waals surface area (Å²) in [7, 11) is 0. The van der Waals surface area contributed by atoms with Crippen LogP contribution in [-0.2, 0) is 14.3 Å². The third-order valence-corrected chi connectivity index (χ3v) is 5.44. The molecule has 0 saturated heterocycles. The third kappa shape index (κ3) is 5.35. The molecule has 2 amide bonds. The molecular formula is C25H28N2O5. The van der Waals surface area contributed by atoms with Gasteiger partial charge in [-0.05, 0) is 49.4 Å². The number of aliphatic carboxylic acids is 1. The van der Waals surface area contributed by atoms with Crippen molar-refractivity contribution in [1.29, 1.82) is 0 Å². The predicted molar refractivity (Wildman–Crippen MR) is 121 cm³/mol. The highest BCUT2D eigenvalue weighted by Crippen LogP contribution is 2.44. The van der Waals surface area contributed by atoms with Crippen LogP contribution < -0.4 is 10.6 Å². The molecule has 1 aliphatic carbocycles. The van der Waals surface area contributed by atoms with E-state index in [9.17, 15) is 14.4 Å². The van der Waals surface area contributed by atoms with Crippen molar-refractivity contribution < 1.29 is 24.2 Å². The number of carboxylic acid groups (broad SMARTS) is 1. The van der Waals surface area contributed by atoms with Gasteiger partial charge in [0.25, 0.3) is 0 Å². The number of nitrogens with one attached hydrogen (secondary N) is 2. The van der Waals surface area contributed by atoms with Crippen LogP contribution in [0.3, 0.4) is 0 Å². The summed E-state index contributed by atoms with van der Waals surface area (Å²) in [6, 6.07) is 14.0. The summed E-state index contributed by atoms with van der Waals surface area (Å²) >= 11 is 0. The number of alkyl carbamates (subject to hydrolysis) is 1. The maximum atomic E-state index is 12.6. The number of fused-ring (bicyclic) bond motifs is 3. The fraction of sp³-hybridized carbons (Fsp3) is 0.320. The average molecular weight is 437 g/mol. The molecule has 0 aliphatic heterocycles. The minimum atomic E-state index is -1.15. The van der Waals surface area contributed by atoms with E-state index in [4.69, 9.17) is 9.84 Å². The van der Waals surface area contributed by atoms with Gasteiger partial charge in [0, 0.05) is 5.92 Å². The molecule has 7 heteroatoms. The van der Waals surface area contributed by atoms with Crippen LogP contribution in [0.2, 0.25) is 0 Å². The number of ether oxygens (including phenoxy) is 1. The average Bonchev–Trinajstić information content (AvgIpc) is 3.08. The summed E-state index contributed by atoms with van der Waals surface area (Å²) in [6.45, 7) is 5.25. The predicted octanol–water partition coefficient (Wildman–Crippen LogP) is 3.84. The molecule has 0 spiro atoms. The third-order valence-electron chi connectivity index (χ3n) is 5.44. The Kier molecular flexibility index (Phi) is 7.30. The van der Waals surface area contributed by atoms with Crippen molar-refractivity contribution >= 4 is 18.0 Å². The van der Waals surface area contributed by atoms with Crippen molar-refractivity contribution in [2.24, 2.45) is 0 Å². The number of carbonyl (C=O) groups excluding carboxylic acids is 2. The highest BCUT2D eigenvalue weighted by Gasteiger charge is 2.30. The number of hydrogen-bond donors (Lipinski definition) is 3. The fourth-order valence-corrected chi connectivity index (χ4v) is 3.74. The smallest absolute Gasteiger partial charge is 0.407 e. The van der Waals surface area contributed by atoms with Gasteiger partial charge in [-0.3, -0.25) is 9.59 Å². The molecule has 0 aromatic heterocycles. The Morgan fingerprint density at radius 3 is 2.09 bits per heavy atom. The Balaban J connectivity index is 1.68. The maximum absolute atomic E-state index is 12.6. The summed E-state index contributed by atoms with van der Waals surface area (Å²) in [5, 5.41) is 14.0. The number of carboxylic acids is 1. The molecule has 0 fully saturated rings. The molecule has 168 valence electrons. The molecule has 32 heavy (non-hydrogen) atoms. The first-order valence-electron chi connectivity index (χ1n) is 10.6. The van der Waals surface area contributed by atoms with E-state index in [1.807, 2.05) is 50.2 Å². The zero-order valence-electron chi connectivity index (χ0n) is 18.4. The van der Waals surface area contributed by atoms with Gasteiger partial charge in [-0.1, -0.05) is 60.2 Å². The van der Waals surface area contributed by atoms with Crippen molar-refractivity contribution in [3.8, 4) is 11.1 Å². The topological polar surface area (TPSA) is 105 Å². The van der Waals surface area contributed by atoms with Crippen LogP contribution in [0.4, 0.5) is 4.79 Å². The van der Waals surface area contributed by atoms with Gasteiger partial charge in [0.2, 0.25) is 5.91 Å². The van der Waals surface area contributed by atoms with Crippen LogP contribution in [0.25, 0.3) is 11.1 Å². The largest absolute Gasteiger partial charge is 0.480 e. The van der Waals surface area contributed by atoms with E-state index in [1.165, 1.54) is 6.92 Å². The molecule has 0 bridgehead atoms. The van der Waals surface area contributed by atoms with Crippen LogP contribution in [0.5, 0.6) is 0 Å². The fourth-order valence-electron chi connectivity index (χ4n) is 3.74. The lowest BCUT2D eigenvalue weighted by atomic mass is 9.98. The number of allylic oxidation sites excluding steroid dienone is 1. The lowest BCUT2D eigenvalue weighted by molar-refractivity contribution is -0.141. The van der Waals surface area contributed by atoms with Gasteiger partial charge in [0.1, 0.15) is 18.7 Å². The first-order chi connectivity index (χ1) is 15.3. The van der Waals surface area contributed by atoms with E-state index in [2.05, 4.69) is 22.8 Å². The van der Waals surface area contributed by atoms with Gasteiger partial charge >= 0.3 is 12.1 Å². The second-order valence-electron chi connectivity index (χ2n) is 8.11. The molecule has 1 unspecified atom stereocenters. The summed E-state index contributed by atoms with van der Waals surface area (Å²) in [6.07, 6.45) is 1.31. The molecular weight excluding hydrogens is 408 g/mol. The number of hydrogen-bond acceptors (Lipinski definition) is 4. The lowest BCUT2D eigenvalue weighted by Gasteiger charge is -2.20. The highest BCUT2D eigenvalue weighted by atomic mass is 16.5. The highest BCUT2D eigenvalue weighted by molar-refractivity contribution is 5.89. The zero-order valence-corrected chi connectivity index (χ0v) is 18.4. The number of carbonyl (C=O) groups is 3. The van der Waals surface area contributed by atoms with Gasteiger partial charge in [0.15, 0.2) is 0 Å². The lowest BCUT2D eigenvalue weighted by Crippen LogP contribution is -2.50. The van der Waals surface area contributed by atoms with E-state index in [0.29, 0.717) is 0 Å². The summed E-state index contributed by atoms with van der Waals surface area (Å²) < 4.78 is 5.51. The van der Waals surface area contributed by atoms with Crippen LogP contribution in [0.1, 0.15) is 44.2 Å². The second kappa shape index (κ2) is 10.1. The molecule has 2 aromatic carbocycles. The second-order valence-corrected chi connectivity index (χ2v) is 8.11. The van der Waals surface area contributed by atoms with E-state index in [1.54, 1.807) is 6.08 Å². The molecule has 0 heterocycles. The van der Waals surface area contributed by atoms with Gasteiger partial charge in [0.05, 0.1) is 0 Å². The number of amides is 2. The summed E-state index contributed by atoms with van der Waals surface area (Å²) in [5.41, 5.74) is 5.41. The van der Waals surface area contributed by atoms with Crippen LogP contribution in [-0.4, -0.2) is 41.8 Å². The van der Waals surface area contributed by atoms with Crippen molar-refractivity contribution in [1.82, 2.24) is 10.6 Å². The number of rotatable bonds is 8. The van der Waals surface area contributed by atoms with E-state index in [-0.39, 0.29) is 18.9 Å². The van der Waals surface area contributed by atoms with E-state index >= 15 is 0 Å². The molecule has 1 aliphatic rings. The number of benzene rings is 2. The first-order valence-corrected chi connectivity index (χ1v) is 10.6. The van der Waals surface area contributed by atoms with Crippen molar-refractivity contribution in [3.63, 3.8) is 0 Å². The van der Waals surface area contributed by atoms with Gasteiger partial charge in [-0.2, -0.15) is 0 Å². The Bertz CT molecular complexity index is 997. The minimum Gasteiger partial charge on any atom is -0.480 e. The molecule has 0 saturated carbocycles. The Labute approximate surface area is 187 Å². The monoisotopic (exact) mass is 436 g/mol. The molecule has 7 nitrogen and oxygen atoms in total. The van der Waals surface area contributed by atoms with Crippen molar-refractivity contribution in [3.05, 3.63) is 71.3 Å². The summed E-state index contributed by atoms with van der Waals surface area (Å²) in [5.74, 6) is -1.82. The Morgan fingerprint density at radius 1 is 1.00 bits per heavy atom. The van der Waals surface area contributed by atoms with Crippen LogP contribution in [0, 0.1) is 0 Å². The molecule has 2 atom stereocenters. The zero-order chi connectivity index (χ0) is 23.3. The maximum Gasteiger partial charge on any atom is 0.407 e. The van der Waals surface area contributed by atoms with Crippen LogP contribution >= 0.6 is 0 Å². The standard InChI is InChI=1S/C25H28N2O5/c1-15(2)12-13-22(23(28)26-16(3)24(29)30)27-25(31)32-14-21-19-10-6-4-8-17(19)18-9-5-7-11-20(18)21/h4-12,16,21-22H,13-14H2,1-3H3,(H,26,28)(H,27,31)(H,29,30)/t16-,22?/m1/s1. The van der Waals surface area contributed by atoms with Crippen LogP contribution in [0.15, 0.2) is 60.2 Å². The molecule has 3 N–H and O–H groups in total. The van der Waals surface area contributed by atoms with E-state index < -0.39 is 30.1 Å². The molecule has 0 radical (unpaired) electrons. The van der Waals surface area contributed by atoms with Gasteiger partial charge in [-0.15, -0.1) is 0 Å².